The zero-order valence-corrected chi connectivity index (χ0v) is 11.7. The molecule has 2 rings (SSSR count). The molecule has 1 heterocycles. The number of hydrogen-bond donors (Lipinski definition) is 1. The molecule has 1 aliphatic rings. The Bertz CT molecular complexity index is 406. The number of aryl methyl sites for hydroxylation is 1. The first-order valence-corrected chi connectivity index (χ1v) is 7.38. The van der Waals surface area contributed by atoms with E-state index in [1.165, 1.54) is 49.8 Å². The number of allylic oxidation sites excluding steroid dienone is 1. The second-order valence-corrected chi connectivity index (χ2v) is 5.21. The van der Waals surface area contributed by atoms with Crippen LogP contribution in [0.5, 0.6) is 0 Å². The van der Waals surface area contributed by atoms with Crippen LogP contribution in [0.25, 0.3) is 0 Å². The highest BCUT2D eigenvalue weighted by Crippen LogP contribution is 2.29. The molecule has 0 spiro atoms. The fraction of sp³-hybridized carbons (Fsp3) is 0.529. The molecule has 1 aliphatic heterocycles. The van der Waals surface area contributed by atoms with Crippen LogP contribution in [-0.4, -0.2) is 6.04 Å². The zero-order chi connectivity index (χ0) is 12.8. The van der Waals surface area contributed by atoms with Gasteiger partial charge in [-0.25, -0.2) is 0 Å². The van der Waals surface area contributed by atoms with Crippen molar-refractivity contribution in [1.29, 1.82) is 0 Å². The molecular weight excluding hydrogens is 218 g/mol. The van der Waals surface area contributed by atoms with E-state index < -0.39 is 0 Å². The van der Waals surface area contributed by atoms with Crippen LogP contribution in [0.3, 0.4) is 0 Å². The molecule has 0 aromatic heterocycles. The molecule has 98 valence electrons. The Hall–Kier alpha value is -1.24. The minimum atomic E-state index is 0.561. The van der Waals surface area contributed by atoms with Crippen molar-refractivity contribution in [3.05, 3.63) is 41.5 Å². The summed E-state index contributed by atoms with van der Waals surface area (Å²) in [5.41, 5.74) is 4.43. The van der Waals surface area contributed by atoms with Crippen LogP contribution in [-0.2, 0) is 6.42 Å². The third-order valence-corrected chi connectivity index (χ3v) is 3.73. The van der Waals surface area contributed by atoms with E-state index in [0.717, 1.165) is 0 Å². The van der Waals surface area contributed by atoms with Crippen LogP contribution in [0.2, 0.25) is 0 Å². The van der Waals surface area contributed by atoms with Crippen molar-refractivity contribution in [2.24, 2.45) is 0 Å². The van der Waals surface area contributed by atoms with Gasteiger partial charge in [-0.1, -0.05) is 56.5 Å². The highest BCUT2D eigenvalue weighted by atomic mass is 14.9. The molecule has 0 bridgehead atoms. The lowest BCUT2D eigenvalue weighted by molar-refractivity contribution is 0.662. The normalized spacial score (nSPS) is 19.2. The van der Waals surface area contributed by atoms with Gasteiger partial charge in [-0.2, -0.15) is 0 Å². The molecule has 1 N–H and O–H groups in total. The maximum atomic E-state index is 3.72. The Morgan fingerprint density at radius 3 is 2.89 bits per heavy atom. The van der Waals surface area contributed by atoms with Crippen LogP contribution < -0.4 is 5.32 Å². The minimum Gasteiger partial charge on any atom is -0.378 e. The summed E-state index contributed by atoms with van der Waals surface area (Å²) >= 11 is 0. The SMILES string of the molecule is CCC/C=C(\CCC)C1CCc2ccccc2N1. The van der Waals surface area contributed by atoms with E-state index in [0.29, 0.717) is 6.04 Å². The highest BCUT2D eigenvalue weighted by Gasteiger charge is 2.19. The molecule has 18 heavy (non-hydrogen) atoms. The molecule has 0 aliphatic carbocycles. The number of unbranched alkanes of at least 4 members (excludes halogenated alkanes) is 1. The van der Waals surface area contributed by atoms with Gasteiger partial charge in [0.05, 0.1) is 0 Å². The summed E-state index contributed by atoms with van der Waals surface area (Å²) < 4.78 is 0. The van der Waals surface area contributed by atoms with Crippen LogP contribution >= 0.6 is 0 Å². The Kier molecular flexibility index (Phi) is 4.86. The third kappa shape index (κ3) is 3.16. The number of para-hydroxylation sites is 1. The van der Waals surface area contributed by atoms with Crippen molar-refractivity contribution in [1.82, 2.24) is 0 Å². The number of fused-ring (bicyclic) bond motifs is 1. The molecule has 1 atom stereocenters. The fourth-order valence-corrected chi connectivity index (χ4v) is 2.75. The van der Waals surface area contributed by atoms with Crippen molar-refractivity contribution < 1.29 is 0 Å². The lowest BCUT2D eigenvalue weighted by Crippen LogP contribution is -2.27. The van der Waals surface area contributed by atoms with Crippen molar-refractivity contribution >= 4 is 5.69 Å². The number of anilines is 1. The Morgan fingerprint density at radius 1 is 1.28 bits per heavy atom. The number of hydrogen-bond acceptors (Lipinski definition) is 1. The van der Waals surface area contributed by atoms with E-state index in [-0.39, 0.29) is 0 Å². The van der Waals surface area contributed by atoms with Crippen LogP contribution in [0.1, 0.15) is 51.5 Å². The predicted octanol–water partition coefficient (Wildman–Crippen LogP) is 4.94. The van der Waals surface area contributed by atoms with Crippen molar-refractivity contribution in [3.8, 4) is 0 Å². The Balaban J connectivity index is 2.10. The van der Waals surface area contributed by atoms with E-state index in [2.05, 4.69) is 49.5 Å². The van der Waals surface area contributed by atoms with Gasteiger partial charge in [0, 0.05) is 11.7 Å². The fourth-order valence-electron chi connectivity index (χ4n) is 2.75. The average Bonchev–Trinajstić information content (AvgIpc) is 2.43. The summed E-state index contributed by atoms with van der Waals surface area (Å²) in [6, 6.07) is 9.29. The van der Waals surface area contributed by atoms with Gasteiger partial charge < -0.3 is 5.32 Å². The highest BCUT2D eigenvalue weighted by molar-refractivity contribution is 5.55. The van der Waals surface area contributed by atoms with E-state index >= 15 is 0 Å². The average molecular weight is 243 g/mol. The van der Waals surface area contributed by atoms with Gasteiger partial charge in [0.1, 0.15) is 0 Å². The van der Waals surface area contributed by atoms with Gasteiger partial charge in [0.15, 0.2) is 0 Å². The van der Waals surface area contributed by atoms with E-state index in [4.69, 9.17) is 0 Å². The molecule has 0 radical (unpaired) electrons. The van der Waals surface area contributed by atoms with E-state index in [1.54, 1.807) is 5.57 Å². The number of rotatable bonds is 5. The van der Waals surface area contributed by atoms with Gasteiger partial charge in [0.25, 0.3) is 0 Å². The standard InChI is InChI=1S/C17H25N/c1-3-5-9-14(8-4-2)17-13-12-15-10-6-7-11-16(15)18-17/h6-7,9-11,17-18H,3-5,8,12-13H2,1-2H3/b14-9+. The molecule has 1 unspecified atom stereocenters. The summed E-state index contributed by atoms with van der Waals surface area (Å²) in [6.07, 6.45) is 9.86. The van der Waals surface area contributed by atoms with Gasteiger partial charge in [-0.3, -0.25) is 0 Å². The predicted molar refractivity (Wildman–Crippen MR) is 80.1 cm³/mol. The summed E-state index contributed by atoms with van der Waals surface area (Å²) in [4.78, 5) is 0. The molecule has 0 amide bonds. The largest absolute Gasteiger partial charge is 0.378 e. The molecule has 1 heteroatoms. The van der Waals surface area contributed by atoms with Crippen molar-refractivity contribution in [3.63, 3.8) is 0 Å². The molecule has 0 saturated carbocycles. The quantitative estimate of drug-likeness (QED) is 0.722. The van der Waals surface area contributed by atoms with E-state index in [1.807, 2.05) is 0 Å². The van der Waals surface area contributed by atoms with Gasteiger partial charge in [-0.05, 0) is 37.3 Å². The van der Waals surface area contributed by atoms with Crippen LogP contribution in [0.15, 0.2) is 35.9 Å². The van der Waals surface area contributed by atoms with Gasteiger partial charge in [0.2, 0.25) is 0 Å². The smallest absolute Gasteiger partial charge is 0.0476 e. The van der Waals surface area contributed by atoms with Crippen LogP contribution in [0.4, 0.5) is 5.69 Å². The van der Waals surface area contributed by atoms with Crippen molar-refractivity contribution in [2.45, 2.75) is 58.4 Å². The first-order valence-electron chi connectivity index (χ1n) is 7.38. The van der Waals surface area contributed by atoms with Gasteiger partial charge >= 0.3 is 0 Å². The lowest BCUT2D eigenvalue weighted by Gasteiger charge is -2.29. The number of benzene rings is 1. The molecule has 1 nitrogen and oxygen atoms in total. The third-order valence-electron chi connectivity index (χ3n) is 3.73. The monoisotopic (exact) mass is 243 g/mol. The lowest BCUT2D eigenvalue weighted by atomic mass is 9.90. The van der Waals surface area contributed by atoms with Crippen molar-refractivity contribution in [2.75, 3.05) is 5.32 Å². The Morgan fingerprint density at radius 2 is 2.11 bits per heavy atom. The summed E-state index contributed by atoms with van der Waals surface area (Å²) in [7, 11) is 0. The number of nitrogens with one attached hydrogen (secondary N) is 1. The molecule has 0 fully saturated rings. The maximum absolute atomic E-state index is 3.72. The second-order valence-electron chi connectivity index (χ2n) is 5.21. The molecular formula is C17H25N. The Labute approximate surface area is 111 Å². The molecule has 1 aromatic carbocycles. The zero-order valence-electron chi connectivity index (χ0n) is 11.7. The summed E-state index contributed by atoms with van der Waals surface area (Å²) in [5.74, 6) is 0. The van der Waals surface area contributed by atoms with E-state index in [9.17, 15) is 0 Å². The first-order chi connectivity index (χ1) is 8.85. The second kappa shape index (κ2) is 6.63. The summed E-state index contributed by atoms with van der Waals surface area (Å²) in [6.45, 7) is 4.53. The topological polar surface area (TPSA) is 12.0 Å². The molecule has 0 saturated heterocycles. The summed E-state index contributed by atoms with van der Waals surface area (Å²) in [5, 5.41) is 3.72. The van der Waals surface area contributed by atoms with Crippen LogP contribution in [0, 0.1) is 0 Å². The minimum absolute atomic E-state index is 0.561. The maximum Gasteiger partial charge on any atom is 0.0476 e. The molecule has 1 aromatic rings. The van der Waals surface area contributed by atoms with Gasteiger partial charge in [-0.15, -0.1) is 0 Å². The first kappa shape index (κ1) is 13.2.